The number of rotatable bonds is 2. The lowest BCUT2D eigenvalue weighted by Crippen LogP contribution is -2.42. The van der Waals surface area contributed by atoms with Crippen LogP contribution in [-0.2, 0) is 4.79 Å². The number of aromatic nitrogens is 1. The van der Waals surface area contributed by atoms with Gasteiger partial charge < -0.3 is 10.6 Å². The van der Waals surface area contributed by atoms with Crippen molar-refractivity contribution in [3.63, 3.8) is 0 Å². The number of hydrogen-bond acceptors (Lipinski definition) is 4. The number of aryl methyl sites for hydroxylation is 1. The van der Waals surface area contributed by atoms with Crippen LogP contribution in [0.2, 0.25) is 0 Å². The Kier molecular flexibility index (Phi) is 3.24. The summed E-state index contributed by atoms with van der Waals surface area (Å²) in [5, 5.41) is 14.9. The predicted octanol–water partition coefficient (Wildman–Crippen LogP) is 0.952. The van der Waals surface area contributed by atoms with E-state index in [4.69, 9.17) is 5.26 Å². The Morgan fingerprint density at radius 1 is 1.59 bits per heavy atom. The standard InChI is InChI=1S/C12H14N4O/c1-8-4-9(6-13)5-11(15-8)16-10-2-3-12(17)14-7-10/h4-5,10H,2-3,7H2,1H3,(H,14,17)(H,15,16). The Morgan fingerprint density at radius 2 is 2.41 bits per heavy atom. The van der Waals surface area contributed by atoms with E-state index in [9.17, 15) is 4.79 Å². The molecule has 5 heteroatoms. The summed E-state index contributed by atoms with van der Waals surface area (Å²) in [5.74, 6) is 0.792. The summed E-state index contributed by atoms with van der Waals surface area (Å²) < 4.78 is 0. The number of anilines is 1. The first-order valence-corrected chi connectivity index (χ1v) is 5.59. The van der Waals surface area contributed by atoms with E-state index >= 15 is 0 Å². The average Bonchev–Trinajstić information content (AvgIpc) is 2.31. The first kappa shape index (κ1) is 11.4. The number of piperidine rings is 1. The molecule has 1 aromatic rings. The number of pyridine rings is 1. The number of nitrogens with zero attached hydrogens (tertiary/aromatic N) is 2. The van der Waals surface area contributed by atoms with E-state index in [0.717, 1.165) is 12.1 Å². The maximum atomic E-state index is 11.0. The highest BCUT2D eigenvalue weighted by atomic mass is 16.1. The van der Waals surface area contributed by atoms with E-state index in [1.807, 2.05) is 6.92 Å². The zero-order valence-corrected chi connectivity index (χ0v) is 9.66. The first-order valence-electron chi connectivity index (χ1n) is 5.59. The van der Waals surface area contributed by atoms with Gasteiger partial charge in [-0.25, -0.2) is 4.98 Å². The Balaban J connectivity index is 2.06. The van der Waals surface area contributed by atoms with Crippen molar-refractivity contribution in [3.05, 3.63) is 23.4 Å². The van der Waals surface area contributed by atoms with Crippen LogP contribution in [-0.4, -0.2) is 23.5 Å². The van der Waals surface area contributed by atoms with Gasteiger partial charge in [-0.2, -0.15) is 5.26 Å². The maximum Gasteiger partial charge on any atom is 0.220 e. The molecular formula is C12H14N4O. The van der Waals surface area contributed by atoms with E-state index in [2.05, 4.69) is 21.7 Å². The van der Waals surface area contributed by atoms with Gasteiger partial charge in [0, 0.05) is 24.7 Å². The Hall–Kier alpha value is -2.09. The van der Waals surface area contributed by atoms with Gasteiger partial charge in [0.1, 0.15) is 5.82 Å². The highest BCUT2D eigenvalue weighted by Crippen LogP contribution is 2.13. The van der Waals surface area contributed by atoms with Crippen molar-refractivity contribution < 1.29 is 4.79 Å². The number of hydrogen-bond donors (Lipinski definition) is 2. The van der Waals surface area contributed by atoms with Gasteiger partial charge in [-0.15, -0.1) is 0 Å². The third kappa shape index (κ3) is 2.94. The van der Waals surface area contributed by atoms with Crippen LogP contribution in [0.5, 0.6) is 0 Å². The van der Waals surface area contributed by atoms with Crippen LogP contribution >= 0.6 is 0 Å². The Bertz CT molecular complexity index is 468. The van der Waals surface area contributed by atoms with Crippen LogP contribution in [0.1, 0.15) is 24.1 Å². The van der Waals surface area contributed by atoms with E-state index in [-0.39, 0.29) is 11.9 Å². The number of amides is 1. The molecule has 0 bridgehead atoms. The predicted molar refractivity (Wildman–Crippen MR) is 63.3 cm³/mol. The van der Waals surface area contributed by atoms with E-state index in [1.165, 1.54) is 0 Å². The third-order valence-electron chi connectivity index (χ3n) is 2.70. The van der Waals surface area contributed by atoms with Crippen LogP contribution < -0.4 is 10.6 Å². The van der Waals surface area contributed by atoms with Gasteiger partial charge in [-0.1, -0.05) is 0 Å². The quantitative estimate of drug-likeness (QED) is 0.793. The molecule has 1 aromatic heterocycles. The summed E-state index contributed by atoms with van der Waals surface area (Å²) in [6, 6.07) is 5.76. The van der Waals surface area contributed by atoms with Gasteiger partial charge in [0.2, 0.25) is 5.91 Å². The molecule has 0 saturated carbocycles. The van der Waals surface area contributed by atoms with Gasteiger partial charge in [0.15, 0.2) is 0 Å². The van der Waals surface area contributed by atoms with Crippen LogP contribution in [0.25, 0.3) is 0 Å². The lowest BCUT2D eigenvalue weighted by molar-refractivity contribution is -0.122. The van der Waals surface area contributed by atoms with Crippen molar-refractivity contribution in [2.75, 3.05) is 11.9 Å². The molecule has 88 valence electrons. The number of nitriles is 1. The average molecular weight is 230 g/mol. The second kappa shape index (κ2) is 4.83. The van der Waals surface area contributed by atoms with Crippen molar-refractivity contribution >= 4 is 11.7 Å². The molecule has 2 rings (SSSR count). The fourth-order valence-electron chi connectivity index (χ4n) is 1.87. The fourth-order valence-corrected chi connectivity index (χ4v) is 1.87. The molecule has 0 radical (unpaired) electrons. The van der Waals surface area contributed by atoms with Gasteiger partial charge in [-0.05, 0) is 25.5 Å². The summed E-state index contributed by atoms with van der Waals surface area (Å²) in [6.07, 6.45) is 1.33. The van der Waals surface area contributed by atoms with Crippen LogP contribution in [0.4, 0.5) is 5.82 Å². The fraction of sp³-hybridized carbons (Fsp3) is 0.417. The van der Waals surface area contributed by atoms with Crippen LogP contribution in [0, 0.1) is 18.3 Å². The largest absolute Gasteiger partial charge is 0.366 e. The molecule has 1 aliphatic rings. The normalized spacial score (nSPS) is 19.3. The third-order valence-corrected chi connectivity index (χ3v) is 2.70. The highest BCUT2D eigenvalue weighted by Gasteiger charge is 2.18. The molecule has 1 aliphatic heterocycles. The molecule has 0 aliphatic carbocycles. The molecule has 2 heterocycles. The smallest absolute Gasteiger partial charge is 0.220 e. The van der Waals surface area contributed by atoms with Gasteiger partial charge in [0.05, 0.1) is 11.6 Å². The second-order valence-electron chi connectivity index (χ2n) is 4.18. The first-order chi connectivity index (χ1) is 8.17. The molecular weight excluding hydrogens is 216 g/mol. The minimum absolute atomic E-state index is 0.0953. The summed E-state index contributed by atoms with van der Waals surface area (Å²) in [6.45, 7) is 2.46. The van der Waals surface area contributed by atoms with Crippen LogP contribution in [0.3, 0.4) is 0 Å². The van der Waals surface area contributed by atoms with Gasteiger partial charge >= 0.3 is 0 Å². The van der Waals surface area contributed by atoms with E-state index in [1.54, 1.807) is 12.1 Å². The Labute approximate surface area is 99.9 Å². The molecule has 0 aromatic carbocycles. The highest BCUT2D eigenvalue weighted by molar-refractivity contribution is 5.77. The monoisotopic (exact) mass is 230 g/mol. The van der Waals surface area contributed by atoms with Crippen molar-refractivity contribution in [3.8, 4) is 6.07 Å². The lowest BCUT2D eigenvalue weighted by atomic mass is 10.1. The molecule has 17 heavy (non-hydrogen) atoms. The number of carbonyl (C=O) groups is 1. The summed E-state index contributed by atoms with van der Waals surface area (Å²) in [4.78, 5) is 15.3. The molecule has 2 N–H and O–H groups in total. The topological polar surface area (TPSA) is 77.8 Å². The second-order valence-corrected chi connectivity index (χ2v) is 4.18. The van der Waals surface area contributed by atoms with E-state index in [0.29, 0.717) is 24.3 Å². The summed E-state index contributed by atoms with van der Waals surface area (Å²) in [5.41, 5.74) is 1.41. The Morgan fingerprint density at radius 3 is 3.06 bits per heavy atom. The minimum atomic E-state index is 0.0953. The minimum Gasteiger partial charge on any atom is -0.366 e. The summed E-state index contributed by atoms with van der Waals surface area (Å²) >= 11 is 0. The van der Waals surface area contributed by atoms with Crippen molar-refractivity contribution in [1.29, 1.82) is 5.26 Å². The maximum absolute atomic E-state index is 11.0. The SMILES string of the molecule is Cc1cc(C#N)cc(NC2CCC(=O)NC2)n1. The zero-order valence-electron chi connectivity index (χ0n) is 9.66. The zero-order chi connectivity index (χ0) is 12.3. The lowest BCUT2D eigenvalue weighted by Gasteiger charge is -2.24. The number of carbonyl (C=O) groups excluding carboxylic acids is 1. The van der Waals surface area contributed by atoms with Gasteiger partial charge in [0.25, 0.3) is 0 Å². The molecule has 1 unspecified atom stereocenters. The number of nitrogens with one attached hydrogen (secondary N) is 2. The van der Waals surface area contributed by atoms with Crippen LogP contribution in [0.15, 0.2) is 12.1 Å². The molecule has 1 saturated heterocycles. The summed E-state index contributed by atoms with van der Waals surface area (Å²) in [7, 11) is 0. The molecule has 5 nitrogen and oxygen atoms in total. The molecule has 0 spiro atoms. The molecule has 1 fully saturated rings. The van der Waals surface area contributed by atoms with Gasteiger partial charge in [-0.3, -0.25) is 4.79 Å². The van der Waals surface area contributed by atoms with Crippen molar-refractivity contribution in [2.45, 2.75) is 25.8 Å². The van der Waals surface area contributed by atoms with Crippen molar-refractivity contribution in [1.82, 2.24) is 10.3 Å². The van der Waals surface area contributed by atoms with Crippen molar-refractivity contribution in [2.24, 2.45) is 0 Å². The molecule has 1 atom stereocenters. The molecule has 1 amide bonds. The van der Waals surface area contributed by atoms with E-state index < -0.39 is 0 Å².